The molecule has 17 heavy (non-hydrogen) atoms. The first-order valence-electron chi connectivity index (χ1n) is 6.25. The van der Waals surface area contributed by atoms with Crippen LogP contribution in [-0.2, 0) is 19.5 Å². The van der Waals surface area contributed by atoms with E-state index in [2.05, 4.69) is 41.2 Å². The highest BCUT2D eigenvalue weighted by Gasteiger charge is 2.20. The summed E-state index contributed by atoms with van der Waals surface area (Å²) in [5.41, 5.74) is 5.16. The van der Waals surface area contributed by atoms with Crippen molar-refractivity contribution in [1.29, 1.82) is 0 Å². The summed E-state index contributed by atoms with van der Waals surface area (Å²) in [4.78, 5) is 0. The van der Waals surface area contributed by atoms with Gasteiger partial charge in [-0.25, -0.2) is 0 Å². The highest BCUT2D eigenvalue weighted by Crippen LogP contribution is 2.27. The Bertz CT molecular complexity index is 514. The molecule has 3 rings (SSSR count). The molecule has 0 radical (unpaired) electrons. The van der Waals surface area contributed by atoms with Crippen LogP contribution < -0.4 is 5.32 Å². The summed E-state index contributed by atoms with van der Waals surface area (Å²) < 4.78 is 2.15. The van der Waals surface area contributed by atoms with Crippen LogP contribution in [0.15, 0.2) is 30.3 Å². The lowest BCUT2D eigenvalue weighted by atomic mass is 10.0. The van der Waals surface area contributed by atoms with Crippen LogP contribution in [0.3, 0.4) is 0 Å². The zero-order valence-corrected chi connectivity index (χ0v) is 10.1. The Morgan fingerprint density at radius 2 is 2.12 bits per heavy atom. The van der Waals surface area contributed by atoms with Gasteiger partial charge in [-0.2, -0.15) is 5.10 Å². The Labute approximate surface area is 101 Å². The van der Waals surface area contributed by atoms with Gasteiger partial charge < -0.3 is 5.32 Å². The molecule has 0 saturated heterocycles. The van der Waals surface area contributed by atoms with Gasteiger partial charge in [0.15, 0.2) is 0 Å². The SMILES string of the molecule is CCn1nc(-c2ccccc2)c2c1CCNC2. The molecule has 1 aliphatic rings. The molecule has 1 N–H and O–H groups in total. The molecule has 0 aliphatic carbocycles. The van der Waals surface area contributed by atoms with Gasteiger partial charge in [-0.05, 0) is 6.92 Å². The molecule has 3 nitrogen and oxygen atoms in total. The Hall–Kier alpha value is -1.61. The van der Waals surface area contributed by atoms with Gasteiger partial charge in [0.2, 0.25) is 0 Å². The topological polar surface area (TPSA) is 29.9 Å². The minimum atomic E-state index is 0.944. The Kier molecular flexibility index (Phi) is 2.69. The number of fused-ring (bicyclic) bond motifs is 1. The molecule has 0 amide bonds. The number of hydrogen-bond donors (Lipinski definition) is 1. The van der Waals surface area contributed by atoms with E-state index >= 15 is 0 Å². The fourth-order valence-electron chi connectivity index (χ4n) is 2.51. The molecule has 0 fully saturated rings. The van der Waals surface area contributed by atoms with Crippen LogP contribution >= 0.6 is 0 Å². The van der Waals surface area contributed by atoms with Crippen molar-refractivity contribution in [1.82, 2.24) is 15.1 Å². The number of rotatable bonds is 2. The van der Waals surface area contributed by atoms with Crippen molar-refractivity contribution < 1.29 is 0 Å². The Morgan fingerprint density at radius 1 is 1.29 bits per heavy atom. The minimum absolute atomic E-state index is 0.944. The van der Waals surface area contributed by atoms with Crippen molar-refractivity contribution in [3.05, 3.63) is 41.6 Å². The van der Waals surface area contributed by atoms with E-state index in [1.54, 1.807) is 0 Å². The zero-order chi connectivity index (χ0) is 11.7. The number of aryl methyl sites for hydroxylation is 1. The van der Waals surface area contributed by atoms with Crippen LogP contribution in [0.2, 0.25) is 0 Å². The minimum Gasteiger partial charge on any atom is -0.312 e. The van der Waals surface area contributed by atoms with Gasteiger partial charge in [-0.3, -0.25) is 4.68 Å². The summed E-state index contributed by atoms with van der Waals surface area (Å²) >= 11 is 0. The van der Waals surface area contributed by atoms with E-state index in [0.717, 1.165) is 31.7 Å². The van der Waals surface area contributed by atoms with Crippen molar-refractivity contribution in [2.24, 2.45) is 0 Å². The number of benzene rings is 1. The molecule has 0 saturated carbocycles. The van der Waals surface area contributed by atoms with Crippen LogP contribution in [0.25, 0.3) is 11.3 Å². The maximum Gasteiger partial charge on any atom is 0.0971 e. The second-order valence-corrected chi connectivity index (χ2v) is 4.38. The fraction of sp³-hybridized carbons (Fsp3) is 0.357. The molecule has 2 aromatic rings. The number of nitrogens with zero attached hydrogens (tertiary/aromatic N) is 2. The first-order chi connectivity index (χ1) is 8.40. The van der Waals surface area contributed by atoms with Crippen molar-refractivity contribution >= 4 is 0 Å². The standard InChI is InChI=1S/C14H17N3/c1-2-17-13-8-9-15-10-12(13)14(16-17)11-6-4-3-5-7-11/h3-7,15H,2,8-10H2,1H3. The molecule has 88 valence electrons. The summed E-state index contributed by atoms with van der Waals surface area (Å²) in [5.74, 6) is 0. The molecule has 0 bridgehead atoms. The van der Waals surface area contributed by atoms with E-state index in [-0.39, 0.29) is 0 Å². The van der Waals surface area contributed by atoms with Crippen molar-refractivity contribution in [2.75, 3.05) is 6.54 Å². The predicted molar refractivity (Wildman–Crippen MR) is 68.7 cm³/mol. The van der Waals surface area contributed by atoms with E-state index in [4.69, 9.17) is 5.10 Å². The lowest BCUT2D eigenvalue weighted by molar-refractivity contribution is 0.572. The van der Waals surface area contributed by atoms with Gasteiger partial charge in [-0.1, -0.05) is 30.3 Å². The van der Waals surface area contributed by atoms with Gasteiger partial charge in [0.05, 0.1) is 5.69 Å². The Balaban J connectivity index is 2.14. The first kappa shape index (κ1) is 10.5. The van der Waals surface area contributed by atoms with E-state index in [0.29, 0.717) is 0 Å². The predicted octanol–water partition coefficient (Wildman–Crippen LogP) is 2.22. The third-order valence-corrected chi connectivity index (χ3v) is 3.35. The first-order valence-corrected chi connectivity index (χ1v) is 6.25. The van der Waals surface area contributed by atoms with Gasteiger partial charge >= 0.3 is 0 Å². The molecule has 1 aromatic heterocycles. The normalized spacial score (nSPS) is 14.6. The summed E-state index contributed by atoms with van der Waals surface area (Å²) in [6, 6.07) is 10.5. The molecule has 0 spiro atoms. The van der Waals surface area contributed by atoms with Gasteiger partial charge in [0, 0.05) is 42.9 Å². The average molecular weight is 227 g/mol. The molecule has 0 atom stereocenters. The quantitative estimate of drug-likeness (QED) is 0.852. The highest BCUT2D eigenvalue weighted by atomic mass is 15.3. The van der Waals surface area contributed by atoms with Crippen LogP contribution in [-0.4, -0.2) is 16.3 Å². The second-order valence-electron chi connectivity index (χ2n) is 4.38. The summed E-state index contributed by atoms with van der Waals surface area (Å²) in [6.45, 7) is 5.12. The van der Waals surface area contributed by atoms with Crippen LogP contribution in [0.4, 0.5) is 0 Å². The smallest absolute Gasteiger partial charge is 0.0971 e. The summed E-state index contributed by atoms with van der Waals surface area (Å²) in [7, 11) is 0. The summed E-state index contributed by atoms with van der Waals surface area (Å²) in [6.07, 6.45) is 1.09. The van der Waals surface area contributed by atoms with Crippen LogP contribution in [0.1, 0.15) is 18.2 Å². The molecule has 2 heterocycles. The molecule has 3 heteroatoms. The highest BCUT2D eigenvalue weighted by molar-refractivity contribution is 5.64. The van der Waals surface area contributed by atoms with E-state index in [1.807, 2.05) is 6.07 Å². The van der Waals surface area contributed by atoms with Crippen LogP contribution in [0.5, 0.6) is 0 Å². The lowest BCUT2D eigenvalue weighted by Crippen LogP contribution is -2.24. The number of aromatic nitrogens is 2. The van der Waals surface area contributed by atoms with Gasteiger partial charge in [0.25, 0.3) is 0 Å². The second kappa shape index (κ2) is 4.34. The molecular formula is C14H17N3. The van der Waals surface area contributed by atoms with Crippen LogP contribution in [0, 0.1) is 0 Å². The zero-order valence-electron chi connectivity index (χ0n) is 10.1. The fourth-order valence-corrected chi connectivity index (χ4v) is 2.51. The van der Waals surface area contributed by atoms with Crippen molar-refractivity contribution in [3.8, 4) is 11.3 Å². The number of hydrogen-bond acceptors (Lipinski definition) is 2. The number of nitrogens with one attached hydrogen (secondary N) is 1. The van der Waals surface area contributed by atoms with E-state index in [9.17, 15) is 0 Å². The summed E-state index contributed by atoms with van der Waals surface area (Å²) in [5, 5.41) is 8.19. The molecule has 0 unspecified atom stereocenters. The average Bonchev–Trinajstić information content (AvgIpc) is 2.78. The van der Waals surface area contributed by atoms with Crippen molar-refractivity contribution in [2.45, 2.75) is 26.4 Å². The van der Waals surface area contributed by atoms with Gasteiger partial charge in [-0.15, -0.1) is 0 Å². The largest absolute Gasteiger partial charge is 0.312 e. The maximum absolute atomic E-state index is 4.76. The van der Waals surface area contributed by atoms with E-state index < -0.39 is 0 Å². The molecule has 1 aliphatic heterocycles. The van der Waals surface area contributed by atoms with Crippen molar-refractivity contribution in [3.63, 3.8) is 0 Å². The molecule has 1 aromatic carbocycles. The Morgan fingerprint density at radius 3 is 2.88 bits per heavy atom. The molecular weight excluding hydrogens is 210 g/mol. The third kappa shape index (κ3) is 1.76. The monoisotopic (exact) mass is 227 g/mol. The third-order valence-electron chi connectivity index (χ3n) is 3.35. The maximum atomic E-state index is 4.76. The lowest BCUT2D eigenvalue weighted by Gasteiger charge is -2.15. The van der Waals surface area contributed by atoms with Gasteiger partial charge in [0.1, 0.15) is 0 Å². The van der Waals surface area contributed by atoms with E-state index in [1.165, 1.54) is 16.8 Å².